The van der Waals surface area contributed by atoms with Crippen LogP contribution in [-0.4, -0.2) is 41.7 Å². The Bertz CT molecular complexity index is 714. The lowest BCUT2D eigenvalue weighted by atomic mass is 10.2. The number of amides is 3. The summed E-state index contributed by atoms with van der Waals surface area (Å²) in [5, 5.41) is -0.283. The van der Waals surface area contributed by atoms with Crippen molar-refractivity contribution in [2.24, 2.45) is 5.73 Å². The lowest BCUT2D eigenvalue weighted by Crippen LogP contribution is -2.34. The molecule has 0 aliphatic carbocycles. The molecule has 2 N–H and O–H groups in total. The van der Waals surface area contributed by atoms with Crippen LogP contribution in [-0.2, 0) is 9.59 Å². The Kier molecular flexibility index (Phi) is 5.50. The number of thioether (sulfide) groups is 1. The molecule has 7 nitrogen and oxygen atoms in total. The van der Waals surface area contributed by atoms with Crippen molar-refractivity contribution in [2.75, 3.05) is 13.7 Å². The molecule has 1 saturated heterocycles. The molecule has 1 heterocycles. The molecular formula is C16H18N2O5S. The fourth-order valence-electron chi connectivity index (χ4n) is 2.12. The number of nitrogens with zero attached hydrogens (tertiary/aromatic N) is 1. The number of nitrogens with two attached hydrogens (primary N) is 1. The fourth-order valence-corrected chi connectivity index (χ4v) is 3.08. The minimum absolute atomic E-state index is 0.192. The highest BCUT2D eigenvalue weighted by Crippen LogP contribution is 2.35. The summed E-state index contributed by atoms with van der Waals surface area (Å²) in [5.74, 6) is -0.145. The normalized spacial score (nSPS) is 16.2. The number of primary amides is 1. The third kappa shape index (κ3) is 3.88. The van der Waals surface area contributed by atoms with Crippen molar-refractivity contribution in [3.05, 3.63) is 28.7 Å². The van der Waals surface area contributed by atoms with Gasteiger partial charge in [-0.25, -0.2) is 0 Å². The molecule has 0 saturated carbocycles. The summed E-state index contributed by atoms with van der Waals surface area (Å²) < 4.78 is 10.5. The molecular weight excluding hydrogens is 332 g/mol. The van der Waals surface area contributed by atoms with Crippen molar-refractivity contribution < 1.29 is 23.9 Å². The van der Waals surface area contributed by atoms with Crippen LogP contribution >= 0.6 is 11.8 Å². The number of carbonyl (C=O) groups is 3. The van der Waals surface area contributed by atoms with E-state index in [1.165, 1.54) is 12.0 Å². The molecule has 128 valence electrons. The first-order valence-electron chi connectivity index (χ1n) is 7.19. The first-order valence-corrected chi connectivity index (χ1v) is 8.01. The average molecular weight is 350 g/mol. The number of benzene rings is 1. The zero-order valence-corrected chi connectivity index (χ0v) is 14.4. The summed E-state index contributed by atoms with van der Waals surface area (Å²) in [4.78, 5) is 36.5. The molecule has 1 aromatic carbocycles. The SMILES string of the molecule is COc1cc(/C=C2/SC(=O)N(C(C)C)C2=O)ccc1OCC(N)=O. The summed E-state index contributed by atoms with van der Waals surface area (Å²) in [6.45, 7) is 3.31. The van der Waals surface area contributed by atoms with Crippen molar-refractivity contribution >= 4 is 34.9 Å². The van der Waals surface area contributed by atoms with Gasteiger partial charge in [0.25, 0.3) is 17.1 Å². The zero-order valence-electron chi connectivity index (χ0n) is 13.6. The quantitative estimate of drug-likeness (QED) is 0.788. The van der Waals surface area contributed by atoms with E-state index < -0.39 is 5.91 Å². The van der Waals surface area contributed by atoms with Crippen molar-refractivity contribution in [3.63, 3.8) is 0 Å². The minimum atomic E-state index is -0.594. The van der Waals surface area contributed by atoms with Gasteiger partial charge in [-0.3, -0.25) is 19.3 Å². The van der Waals surface area contributed by atoms with Gasteiger partial charge in [-0.1, -0.05) is 6.07 Å². The van der Waals surface area contributed by atoms with Crippen LogP contribution in [0.4, 0.5) is 4.79 Å². The van der Waals surface area contributed by atoms with Crippen molar-refractivity contribution in [2.45, 2.75) is 19.9 Å². The van der Waals surface area contributed by atoms with Gasteiger partial charge in [-0.15, -0.1) is 0 Å². The molecule has 24 heavy (non-hydrogen) atoms. The third-order valence-corrected chi connectivity index (χ3v) is 4.08. The van der Waals surface area contributed by atoms with E-state index in [0.29, 0.717) is 22.0 Å². The Morgan fingerprint density at radius 1 is 1.33 bits per heavy atom. The zero-order chi connectivity index (χ0) is 17.9. The van der Waals surface area contributed by atoms with Crippen molar-refractivity contribution in [1.82, 2.24) is 4.90 Å². The van der Waals surface area contributed by atoms with E-state index >= 15 is 0 Å². The Morgan fingerprint density at radius 3 is 2.58 bits per heavy atom. The van der Waals surface area contributed by atoms with Gasteiger partial charge < -0.3 is 15.2 Å². The molecule has 1 fully saturated rings. The molecule has 1 aliphatic heterocycles. The van der Waals surface area contributed by atoms with E-state index in [1.54, 1.807) is 38.1 Å². The monoisotopic (exact) mass is 350 g/mol. The number of imide groups is 1. The molecule has 2 rings (SSSR count). The second kappa shape index (κ2) is 7.39. The van der Waals surface area contributed by atoms with E-state index in [2.05, 4.69) is 0 Å². The van der Waals surface area contributed by atoms with Crippen LogP contribution in [0.25, 0.3) is 6.08 Å². The second-order valence-corrected chi connectivity index (χ2v) is 6.30. The van der Waals surface area contributed by atoms with Gasteiger partial charge in [0.15, 0.2) is 18.1 Å². The summed E-state index contributed by atoms with van der Waals surface area (Å²) in [7, 11) is 1.46. The van der Waals surface area contributed by atoms with Crippen LogP contribution < -0.4 is 15.2 Å². The van der Waals surface area contributed by atoms with Gasteiger partial charge in [-0.2, -0.15) is 0 Å². The van der Waals surface area contributed by atoms with E-state index in [-0.39, 0.29) is 23.8 Å². The molecule has 8 heteroatoms. The first kappa shape index (κ1) is 17.9. The van der Waals surface area contributed by atoms with Gasteiger partial charge in [-0.05, 0) is 49.4 Å². The van der Waals surface area contributed by atoms with E-state index in [9.17, 15) is 14.4 Å². The average Bonchev–Trinajstić information content (AvgIpc) is 2.79. The van der Waals surface area contributed by atoms with E-state index in [4.69, 9.17) is 15.2 Å². The Labute approximate surface area is 143 Å². The number of methoxy groups -OCH3 is 1. The van der Waals surface area contributed by atoms with Gasteiger partial charge in [0, 0.05) is 6.04 Å². The largest absolute Gasteiger partial charge is 0.493 e. The highest BCUT2D eigenvalue weighted by Gasteiger charge is 2.36. The number of hydrogen-bond donors (Lipinski definition) is 1. The van der Waals surface area contributed by atoms with Crippen LogP contribution in [0.1, 0.15) is 19.4 Å². The second-order valence-electron chi connectivity index (χ2n) is 5.31. The van der Waals surface area contributed by atoms with Crippen LogP contribution in [0.2, 0.25) is 0 Å². The molecule has 0 unspecified atom stereocenters. The van der Waals surface area contributed by atoms with Gasteiger partial charge in [0.05, 0.1) is 12.0 Å². The minimum Gasteiger partial charge on any atom is -0.493 e. The van der Waals surface area contributed by atoms with Crippen LogP contribution in [0.15, 0.2) is 23.1 Å². The molecule has 0 aromatic heterocycles. The van der Waals surface area contributed by atoms with Crippen molar-refractivity contribution in [1.29, 1.82) is 0 Å². The van der Waals surface area contributed by atoms with Gasteiger partial charge >= 0.3 is 0 Å². The molecule has 0 radical (unpaired) electrons. The molecule has 1 aliphatic rings. The molecule has 0 bridgehead atoms. The molecule has 0 spiro atoms. The number of rotatable bonds is 6. The predicted molar refractivity (Wildman–Crippen MR) is 90.6 cm³/mol. The van der Waals surface area contributed by atoms with Crippen LogP contribution in [0.5, 0.6) is 11.5 Å². The summed E-state index contributed by atoms with van der Waals surface area (Å²) in [6, 6.07) is 4.77. The molecule has 1 aromatic rings. The standard InChI is InChI=1S/C16H18N2O5S/c1-9(2)18-15(20)13(24-16(18)21)7-10-4-5-11(12(6-10)22-3)23-8-14(17)19/h4-7,9H,8H2,1-3H3,(H2,17,19)/b13-7+. The Hall–Kier alpha value is -2.48. The summed E-state index contributed by atoms with van der Waals surface area (Å²) in [5.41, 5.74) is 5.72. The summed E-state index contributed by atoms with van der Waals surface area (Å²) in [6.07, 6.45) is 1.62. The van der Waals surface area contributed by atoms with E-state index in [1.807, 2.05) is 0 Å². The van der Waals surface area contributed by atoms with Gasteiger partial charge in [0.2, 0.25) is 0 Å². The maximum Gasteiger partial charge on any atom is 0.293 e. The lowest BCUT2D eigenvalue weighted by Gasteiger charge is -2.16. The highest BCUT2D eigenvalue weighted by molar-refractivity contribution is 8.18. The summed E-state index contributed by atoms with van der Waals surface area (Å²) >= 11 is 0.902. The number of hydrogen-bond acceptors (Lipinski definition) is 6. The van der Waals surface area contributed by atoms with Crippen LogP contribution in [0.3, 0.4) is 0 Å². The maximum atomic E-state index is 12.3. The Balaban J connectivity index is 2.25. The number of carbonyl (C=O) groups excluding carboxylic acids is 3. The van der Waals surface area contributed by atoms with E-state index in [0.717, 1.165) is 11.8 Å². The molecule has 0 atom stereocenters. The third-order valence-electron chi connectivity index (χ3n) is 3.20. The fraction of sp³-hybridized carbons (Fsp3) is 0.312. The van der Waals surface area contributed by atoms with Gasteiger partial charge in [0.1, 0.15) is 0 Å². The van der Waals surface area contributed by atoms with Crippen molar-refractivity contribution in [3.8, 4) is 11.5 Å². The topological polar surface area (TPSA) is 98.9 Å². The molecule has 3 amide bonds. The number of ether oxygens (including phenoxy) is 2. The Morgan fingerprint density at radius 2 is 2.04 bits per heavy atom. The smallest absolute Gasteiger partial charge is 0.293 e. The predicted octanol–water partition coefficient (Wildman–Crippen LogP) is 2.00. The van der Waals surface area contributed by atoms with Crippen LogP contribution in [0, 0.1) is 0 Å². The highest BCUT2D eigenvalue weighted by atomic mass is 32.2. The lowest BCUT2D eigenvalue weighted by molar-refractivity contribution is -0.124. The first-order chi connectivity index (χ1) is 11.3. The maximum absolute atomic E-state index is 12.3.